The second kappa shape index (κ2) is 8.73. The summed E-state index contributed by atoms with van der Waals surface area (Å²) in [6.45, 7) is 4.23. The van der Waals surface area contributed by atoms with E-state index in [4.69, 9.17) is 8.92 Å². The van der Waals surface area contributed by atoms with Crippen molar-refractivity contribution < 1.29 is 22.1 Å². The summed E-state index contributed by atoms with van der Waals surface area (Å²) >= 11 is 0. The number of ether oxygens (including phenoxy) is 1. The van der Waals surface area contributed by atoms with Crippen LogP contribution in [0.5, 0.6) is 11.5 Å². The van der Waals surface area contributed by atoms with Crippen LogP contribution < -0.4 is 14.2 Å². The molecular weight excluding hydrogens is 392 g/mol. The predicted molar refractivity (Wildman–Crippen MR) is 109 cm³/mol. The molecule has 1 N–H and O–H groups in total. The zero-order chi connectivity index (χ0) is 21.0. The highest BCUT2D eigenvalue weighted by Gasteiger charge is 2.32. The fourth-order valence-electron chi connectivity index (χ4n) is 2.89. The van der Waals surface area contributed by atoms with Crippen LogP contribution in [-0.2, 0) is 16.7 Å². The molecule has 2 aromatic carbocycles. The Morgan fingerprint density at radius 1 is 1.14 bits per heavy atom. The number of urea groups is 1. The summed E-state index contributed by atoms with van der Waals surface area (Å²) in [5.74, 6) is 0.768. The highest BCUT2D eigenvalue weighted by molar-refractivity contribution is 7.87. The van der Waals surface area contributed by atoms with Gasteiger partial charge in [0.25, 0.3) is 0 Å². The summed E-state index contributed by atoms with van der Waals surface area (Å²) in [5.41, 5.74) is 0.804. The van der Waals surface area contributed by atoms with Gasteiger partial charge in [0.05, 0.1) is 7.11 Å². The smallest absolute Gasteiger partial charge is 0.339 e. The molecular formula is C21H26N2O5S. The predicted octanol–water partition coefficient (Wildman–Crippen LogP) is 3.55. The lowest BCUT2D eigenvalue weighted by molar-refractivity contribution is 0.189. The van der Waals surface area contributed by atoms with Crippen molar-refractivity contribution in [3.8, 4) is 11.5 Å². The molecule has 29 heavy (non-hydrogen) atoms. The maximum absolute atomic E-state index is 12.5. The number of nitrogens with zero attached hydrogens (tertiary/aromatic N) is 1. The highest BCUT2D eigenvalue weighted by atomic mass is 32.2. The van der Waals surface area contributed by atoms with Crippen LogP contribution in [0.25, 0.3) is 0 Å². The van der Waals surface area contributed by atoms with Crippen molar-refractivity contribution in [3.63, 3.8) is 0 Å². The Morgan fingerprint density at radius 3 is 2.41 bits per heavy atom. The molecule has 156 valence electrons. The van der Waals surface area contributed by atoms with E-state index in [1.165, 1.54) is 19.2 Å². The Labute approximate surface area is 171 Å². The number of benzene rings is 2. The van der Waals surface area contributed by atoms with Crippen LogP contribution >= 0.6 is 0 Å². The Kier molecular flexibility index (Phi) is 6.32. The zero-order valence-electron chi connectivity index (χ0n) is 16.8. The van der Waals surface area contributed by atoms with E-state index in [1.807, 2.05) is 19.9 Å². The average Bonchev–Trinajstić information content (AvgIpc) is 3.50. The Hall–Kier alpha value is -2.74. The van der Waals surface area contributed by atoms with Gasteiger partial charge in [-0.2, -0.15) is 8.42 Å². The molecule has 0 unspecified atom stereocenters. The second-order valence-electron chi connectivity index (χ2n) is 7.32. The molecule has 2 aromatic rings. The zero-order valence-corrected chi connectivity index (χ0v) is 17.6. The minimum absolute atomic E-state index is 0.0413. The molecule has 8 heteroatoms. The third-order valence-corrected chi connectivity index (χ3v) is 5.73. The van der Waals surface area contributed by atoms with Gasteiger partial charge in [0, 0.05) is 18.6 Å². The molecule has 0 spiro atoms. The van der Waals surface area contributed by atoms with Crippen LogP contribution in [0.1, 0.15) is 32.3 Å². The molecule has 0 aromatic heterocycles. The summed E-state index contributed by atoms with van der Waals surface area (Å²) in [7, 11) is -2.46. The highest BCUT2D eigenvalue weighted by Crippen LogP contribution is 2.29. The van der Waals surface area contributed by atoms with E-state index < -0.39 is 10.1 Å². The monoisotopic (exact) mass is 418 g/mol. The van der Waals surface area contributed by atoms with Crippen molar-refractivity contribution in [3.05, 3.63) is 54.1 Å². The number of carbonyl (C=O) groups excluding carboxylic acids is 1. The third kappa shape index (κ3) is 5.63. The van der Waals surface area contributed by atoms with E-state index in [-0.39, 0.29) is 28.8 Å². The molecule has 1 aliphatic carbocycles. The molecule has 0 atom stereocenters. The van der Waals surface area contributed by atoms with Gasteiger partial charge < -0.3 is 19.1 Å². The molecule has 0 heterocycles. The number of rotatable bonds is 8. The topological polar surface area (TPSA) is 84.9 Å². The van der Waals surface area contributed by atoms with Crippen LogP contribution in [0.3, 0.4) is 0 Å². The lowest BCUT2D eigenvalue weighted by atomic mass is 10.2. The first-order valence-electron chi connectivity index (χ1n) is 9.53. The van der Waals surface area contributed by atoms with Crippen molar-refractivity contribution in [1.82, 2.24) is 10.2 Å². The van der Waals surface area contributed by atoms with E-state index in [0.717, 1.165) is 18.4 Å². The van der Waals surface area contributed by atoms with Gasteiger partial charge in [-0.3, -0.25) is 0 Å². The molecule has 0 aliphatic heterocycles. The Morgan fingerprint density at radius 2 is 1.83 bits per heavy atom. The van der Waals surface area contributed by atoms with Crippen molar-refractivity contribution in [1.29, 1.82) is 0 Å². The Balaban J connectivity index is 1.73. The number of hydrogen-bond acceptors (Lipinski definition) is 5. The fraction of sp³-hybridized carbons (Fsp3) is 0.381. The van der Waals surface area contributed by atoms with E-state index >= 15 is 0 Å². The van der Waals surface area contributed by atoms with Crippen molar-refractivity contribution in [2.45, 2.75) is 50.2 Å². The molecule has 1 fully saturated rings. The molecule has 2 amide bonds. The second-order valence-corrected chi connectivity index (χ2v) is 8.87. The third-order valence-electron chi connectivity index (χ3n) is 4.47. The molecule has 1 saturated carbocycles. The fourth-order valence-corrected chi connectivity index (χ4v) is 3.82. The van der Waals surface area contributed by atoms with Gasteiger partial charge >= 0.3 is 16.1 Å². The van der Waals surface area contributed by atoms with Crippen molar-refractivity contribution in [2.24, 2.45) is 0 Å². The summed E-state index contributed by atoms with van der Waals surface area (Å²) < 4.78 is 35.4. The number of methoxy groups -OCH3 is 1. The molecule has 3 rings (SSSR count). The van der Waals surface area contributed by atoms with E-state index in [1.54, 1.807) is 35.2 Å². The normalized spacial score (nSPS) is 13.8. The molecule has 0 bridgehead atoms. The van der Waals surface area contributed by atoms with E-state index in [9.17, 15) is 13.2 Å². The molecule has 1 aliphatic rings. The summed E-state index contributed by atoms with van der Waals surface area (Å²) in [5, 5.41) is 2.92. The SMILES string of the molecule is COc1ccc(S(=O)(=O)Oc2cccc(CN(C(=O)NC(C)C)C3CC3)c2)cc1. The van der Waals surface area contributed by atoms with Gasteiger partial charge in [-0.1, -0.05) is 12.1 Å². The van der Waals surface area contributed by atoms with Gasteiger partial charge in [0.2, 0.25) is 0 Å². The van der Waals surface area contributed by atoms with Gasteiger partial charge in [-0.25, -0.2) is 4.79 Å². The molecule has 0 saturated heterocycles. The van der Waals surface area contributed by atoms with Crippen molar-refractivity contribution >= 4 is 16.1 Å². The van der Waals surface area contributed by atoms with Gasteiger partial charge in [-0.05, 0) is 68.7 Å². The van der Waals surface area contributed by atoms with E-state index in [0.29, 0.717) is 12.3 Å². The minimum atomic E-state index is -3.97. The molecule has 0 radical (unpaired) electrons. The maximum Gasteiger partial charge on any atom is 0.339 e. The summed E-state index contributed by atoms with van der Waals surface area (Å²) in [6.07, 6.45) is 1.96. The van der Waals surface area contributed by atoms with Gasteiger partial charge in [-0.15, -0.1) is 0 Å². The van der Waals surface area contributed by atoms with Gasteiger partial charge in [0.1, 0.15) is 16.4 Å². The number of nitrogens with one attached hydrogen (secondary N) is 1. The first-order chi connectivity index (χ1) is 13.8. The number of hydrogen-bond donors (Lipinski definition) is 1. The first-order valence-corrected chi connectivity index (χ1v) is 10.9. The Bertz CT molecular complexity index is 953. The standard InChI is InChI=1S/C21H26N2O5S/c1-15(2)22-21(24)23(17-7-8-17)14-16-5-4-6-19(13-16)28-29(25,26)20-11-9-18(27-3)10-12-20/h4-6,9-13,15,17H,7-8,14H2,1-3H3,(H,22,24). The van der Waals surface area contributed by atoms with Crippen LogP contribution in [0.4, 0.5) is 4.79 Å². The molecule has 7 nitrogen and oxygen atoms in total. The van der Waals surface area contributed by atoms with Crippen LogP contribution in [0, 0.1) is 0 Å². The maximum atomic E-state index is 12.5. The summed E-state index contributed by atoms with van der Waals surface area (Å²) in [6, 6.07) is 13.0. The largest absolute Gasteiger partial charge is 0.497 e. The van der Waals surface area contributed by atoms with Crippen LogP contribution in [0.15, 0.2) is 53.4 Å². The van der Waals surface area contributed by atoms with Gasteiger partial charge in [0.15, 0.2) is 0 Å². The number of carbonyl (C=O) groups is 1. The lowest BCUT2D eigenvalue weighted by Crippen LogP contribution is -2.43. The number of amides is 2. The average molecular weight is 419 g/mol. The lowest BCUT2D eigenvalue weighted by Gasteiger charge is -2.24. The van der Waals surface area contributed by atoms with Crippen molar-refractivity contribution in [2.75, 3.05) is 7.11 Å². The van der Waals surface area contributed by atoms with Crippen LogP contribution in [-0.4, -0.2) is 38.5 Å². The first kappa shape index (κ1) is 21.0. The summed E-state index contributed by atoms with van der Waals surface area (Å²) in [4.78, 5) is 14.3. The minimum Gasteiger partial charge on any atom is -0.497 e. The van der Waals surface area contributed by atoms with E-state index in [2.05, 4.69) is 5.32 Å². The quantitative estimate of drug-likeness (QED) is 0.663. The van der Waals surface area contributed by atoms with Crippen LogP contribution in [0.2, 0.25) is 0 Å².